The number of benzene rings is 1. The van der Waals surface area contributed by atoms with Gasteiger partial charge in [-0.25, -0.2) is 0 Å². The minimum Gasteiger partial charge on any atom is -0.493 e. The van der Waals surface area contributed by atoms with E-state index in [1.165, 1.54) is 11.1 Å². The summed E-state index contributed by atoms with van der Waals surface area (Å²) in [6.45, 7) is 1.96. The lowest BCUT2D eigenvalue weighted by Gasteiger charge is -2.35. The van der Waals surface area contributed by atoms with Crippen molar-refractivity contribution in [1.29, 1.82) is 0 Å². The SMILES string of the molecule is COc1ccc2c3c1OC1C[C@@H](O)C=C[C@]31CCN(C)C2.Cl. The third-order valence-corrected chi connectivity index (χ3v) is 5.15. The highest BCUT2D eigenvalue weighted by atomic mass is 35.5. The first kappa shape index (κ1) is 15.7. The molecule has 1 N–H and O–H groups in total. The van der Waals surface area contributed by atoms with Crippen LogP contribution < -0.4 is 9.47 Å². The molecule has 0 fully saturated rings. The molecule has 5 heteroatoms. The van der Waals surface area contributed by atoms with Gasteiger partial charge < -0.3 is 19.5 Å². The lowest BCUT2D eigenvalue weighted by Crippen LogP contribution is -2.42. The number of aliphatic hydroxyl groups is 1. The van der Waals surface area contributed by atoms with Crippen molar-refractivity contribution in [3.63, 3.8) is 0 Å². The minimum atomic E-state index is -0.412. The van der Waals surface area contributed by atoms with Gasteiger partial charge in [-0.1, -0.05) is 18.2 Å². The summed E-state index contributed by atoms with van der Waals surface area (Å²) in [5, 5.41) is 9.97. The van der Waals surface area contributed by atoms with Crippen LogP contribution in [0.15, 0.2) is 24.3 Å². The molecule has 1 spiro atoms. The highest BCUT2D eigenvalue weighted by Crippen LogP contribution is 2.55. The minimum absolute atomic E-state index is 0. The van der Waals surface area contributed by atoms with Gasteiger partial charge in [0.1, 0.15) is 6.10 Å². The second kappa shape index (κ2) is 5.44. The van der Waals surface area contributed by atoms with Gasteiger partial charge >= 0.3 is 0 Å². The van der Waals surface area contributed by atoms with E-state index in [1.54, 1.807) is 7.11 Å². The van der Waals surface area contributed by atoms with E-state index in [2.05, 4.69) is 24.1 Å². The maximum atomic E-state index is 9.97. The number of nitrogens with zero attached hydrogens (tertiary/aromatic N) is 1. The van der Waals surface area contributed by atoms with E-state index >= 15 is 0 Å². The van der Waals surface area contributed by atoms with E-state index in [1.807, 2.05) is 12.1 Å². The van der Waals surface area contributed by atoms with E-state index in [-0.39, 0.29) is 23.9 Å². The highest BCUT2D eigenvalue weighted by molar-refractivity contribution is 5.85. The number of ether oxygens (including phenoxy) is 2. The topological polar surface area (TPSA) is 41.9 Å². The zero-order valence-corrected chi connectivity index (χ0v) is 13.7. The van der Waals surface area contributed by atoms with Crippen LogP contribution in [-0.4, -0.2) is 42.9 Å². The van der Waals surface area contributed by atoms with Gasteiger partial charge in [-0.15, -0.1) is 12.4 Å². The molecule has 4 nitrogen and oxygen atoms in total. The summed E-state index contributed by atoms with van der Waals surface area (Å²) in [5.41, 5.74) is 2.48. The van der Waals surface area contributed by atoms with Gasteiger partial charge in [-0.2, -0.15) is 0 Å². The predicted octanol–water partition coefficient (Wildman–Crippen LogP) is 2.27. The molecule has 22 heavy (non-hydrogen) atoms. The number of hydrogen-bond acceptors (Lipinski definition) is 4. The molecule has 0 radical (unpaired) electrons. The van der Waals surface area contributed by atoms with E-state index in [9.17, 15) is 5.11 Å². The summed E-state index contributed by atoms with van der Waals surface area (Å²) in [7, 11) is 3.84. The normalized spacial score (nSPS) is 32.3. The van der Waals surface area contributed by atoms with Crippen molar-refractivity contribution in [2.24, 2.45) is 0 Å². The molecule has 1 unspecified atom stereocenters. The molecule has 2 heterocycles. The largest absolute Gasteiger partial charge is 0.493 e. The Morgan fingerprint density at radius 2 is 2.23 bits per heavy atom. The van der Waals surface area contributed by atoms with E-state index in [0.29, 0.717) is 6.42 Å². The summed E-state index contributed by atoms with van der Waals surface area (Å²) >= 11 is 0. The van der Waals surface area contributed by atoms with Crippen LogP contribution >= 0.6 is 12.4 Å². The molecule has 0 saturated carbocycles. The molecule has 4 rings (SSSR count). The van der Waals surface area contributed by atoms with E-state index < -0.39 is 6.10 Å². The quantitative estimate of drug-likeness (QED) is 0.805. The number of methoxy groups -OCH3 is 1. The van der Waals surface area contributed by atoms with Crippen LogP contribution in [-0.2, 0) is 12.0 Å². The van der Waals surface area contributed by atoms with Crippen molar-refractivity contribution in [3.8, 4) is 11.5 Å². The summed E-state index contributed by atoms with van der Waals surface area (Å²) in [6, 6.07) is 4.16. The molecular formula is C17H22ClNO3. The molecule has 0 bridgehead atoms. The van der Waals surface area contributed by atoms with Crippen LogP contribution in [0.4, 0.5) is 0 Å². The molecule has 120 valence electrons. The smallest absolute Gasteiger partial charge is 0.166 e. The lowest BCUT2D eigenvalue weighted by atomic mass is 9.69. The van der Waals surface area contributed by atoms with Crippen molar-refractivity contribution in [2.75, 3.05) is 20.7 Å². The molecule has 3 atom stereocenters. The molecule has 3 aliphatic rings. The monoisotopic (exact) mass is 323 g/mol. The first-order valence-corrected chi connectivity index (χ1v) is 7.57. The number of aliphatic hydroxyl groups excluding tert-OH is 1. The van der Waals surface area contributed by atoms with Crippen molar-refractivity contribution in [1.82, 2.24) is 4.90 Å². The summed E-state index contributed by atoms with van der Waals surface area (Å²) in [6.07, 6.45) is 5.38. The van der Waals surface area contributed by atoms with Crippen LogP contribution in [0, 0.1) is 0 Å². The molecule has 1 aliphatic carbocycles. The van der Waals surface area contributed by atoms with Crippen LogP contribution in [0.2, 0.25) is 0 Å². The van der Waals surface area contributed by atoms with Gasteiger partial charge in [-0.3, -0.25) is 0 Å². The van der Waals surface area contributed by atoms with Gasteiger partial charge in [0, 0.05) is 18.5 Å². The van der Waals surface area contributed by atoms with Gasteiger partial charge in [0.2, 0.25) is 0 Å². The number of halogens is 1. The van der Waals surface area contributed by atoms with Gasteiger partial charge in [0.05, 0.1) is 18.6 Å². The number of hydrogen-bond donors (Lipinski definition) is 1. The standard InChI is InChI=1S/C17H21NO3.ClH/c1-18-8-7-17-6-5-12(19)9-14(17)21-16-13(20-2)4-3-11(10-18)15(16)17;/h3-6,12,14,19H,7-10H2,1-2H3;1H/t12-,14?,17+;/m0./s1. The van der Waals surface area contributed by atoms with E-state index in [0.717, 1.165) is 31.0 Å². The van der Waals surface area contributed by atoms with Gasteiger partial charge in [-0.05, 0) is 31.6 Å². The van der Waals surface area contributed by atoms with Crippen molar-refractivity contribution in [2.45, 2.75) is 37.0 Å². The molecule has 0 aromatic heterocycles. The first-order valence-electron chi connectivity index (χ1n) is 7.57. The Labute approximate surface area is 137 Å². The Morgan fingerprint density at radius 1 is 1.41 bits per heavy atom. The second-order valence-electron chi connectivity index (χ2n) is 6.43. The van der Waals surface area contributed by atoms with Crippen LogP contribution in [0.3, 0.4) is 0 Å². The molecule has 0 amide bonds. The molecule has 1 aromatic rings. The Bertz CT molecular complexity index is 618. The lowest BCUT2D eigenvalue weighted by molar-refractivity contribution is 0.0821. The Kier molecular flexibility index (Phi) is 3.87. The Balaban J connectivity index is 0.00000144. The van der Waals surface area contributed by atoms with E-state index in [4.69, 9.17) is 9.47 Å². The van der Waals surface area contributed by atoms with Gasteiger partial charge in [0.25, 0.3) is 0 Å². The molecule has 1 aromatic carbocycles. The maximum Gasteiger partial charge on any atom is 0.166 e. The Hall–Kier alpha value is -1.23. The first-order chi connectivity index (χ1) is 10.1. The zero-order chi connectivity index (χ0) is 14.6. The fourth-order valence-corrected chi connectivity index (χ4v) is 4.08. The fourth-order valence-electron chi connectivity index (χ4n) is 4.08. The Morgan fingerprint density at radius 3 is 3.00 bits per heavy atom. The summed E-state index contributed by atoms with van der Waals surface area (Å²) < 4.78 is 11.8. The number of rotatable bonds is 1. The zero-order valence-electron chi connectivity index (χ0n) is 12.9. The summed E-state index contributed by atoms with van der Waals surface area (Å²) in [4.78, 5) is 2.35. The van der Waals surface area contributed by atoms with Crippen LogP contribution in [0.1, 0.15) is 24.0 Å². The predicted molar refractivity (Wildman–Crippen MR) is 87.1 cm³/mol. The fraction of sp³-hybridized carbons (Fsp3) is 0.529. The highest BCUT2D eigenvalue weighted by Gasteiger charge is 2.52. The van der Waals surface area contributed by atoms with Crippen molar-refractivity contribution >= 4 is 12.4 Å². The molecular weight excluding hydrogens is 302 g/mol. The third-order valence-electron chi connectivity index (χ3n) is 5.15. The third kappa shape index (κ3) is 2.05. The maximum absolute atomic E-state index is 9.97. The second-order valence-corrected chi connectivity index (χ2v) is 6.43. The van der Waals surface area contributed by atoms with Crippen molar-refractivity contribution in [3.05, 3.63) is 35.4 Å². The average molecular weight is 324 g/mol. The summed E-state index contributed by atoms with van der Waals surface area (Å²) in [5.74, 6) is 1.68. The van der Waals surface area contributed by atoms with Gasteiger partial charge in [0.15, 0.2) is 11.5 Å². The average Bonchev–Trinajstić information content (AvgIpc) is 2.72. The van der Waals surface area contributed by atoms with Crippen molar-refractivity contribution < 1.29 is 14.6 Å². The van der Waals surface area contributed by atoms with Crippen LogP contribution in [0.25, 0.3) is 0 Å². The van der Waals surface area contributed by atoms with Crippen LogP contribution in [0.5, 0.6) is 11.5 Å². The molecule has 0 saturated heterocycles. The molecule has 2 aliphatic heterocycles.